The highest BCUT2D eigenvalue weighted by Gasteiger charge is 2.46. The monoisotopic (exact) mass is 863 g/mol. The Labute approximate surface area is 397 Å². The van der Waals surface area contributed by atoms with Gasteiger partial charge >= 0.3 is 0 Å². The zero-order valence-corrected chi connectivity index (χ0v) is 37.4. The molecule has 0 N–H and O–H groups in total. The highest BCUT2D eigenvalue weighted by molar-refractivity contribution is 6.08. The first-order chi connectivity index (χ1) is 33.7. The lowest BCUT2D eigenvalue weighted by atomic mass is 9.67. The van der Waals surface area contributed by atoms with Crippen LogP contribution in [0.1, 0.15) is 22.3 Å². The van der Waals surface area contributed by atoms with E-state index in [1.165, 1.54) is 99.1 Å². The van der Waals surface area contributed by atoms with Gasteiger partial charge in [0, 0.05) is 17.1 Å². The van der Waals surface area contributed by atoms with E-state index >= 15 is 0 Å². The van der Waals surface area contributed by atoms with E-state index < -0.39 is 5.41 Å². The smallest absolute Gasteiger partial charge is 0.0713 e. The quantitative estimate of drug-likeness (QED) is 0.138. The van der Waals surface area contributed by atoms with Crippen LogP contribution in [-0.4, -0.2) is 0 Å². The zero-order chi connectivity index (χ0) is 45.0. The van der Waals surface area contributed by atoms with Crippen LogP contribution in [0.5, 0.6) is 0 Å². The summed E-state index contributed by atoms with van der Waals surface area (Å²) in [5.74, 6) is 0. The van der Waals surface area contributed by atoms with Crippen molar-refractivity contribution in [2.75, 3.05) is 4.90 Å². The lowest BCUT2D eigenvalue weighted by Gasteiger charge is -2.34. The molecule has 0 fully saturated rings. The summed E-state index contributed by atoms with van der Waals surface area (Å²) in [6.45, 7) is 0. The van der Waals surface area contributed by atoms with Crippen molar-refractivity contribution in [1.29, 1.82) is 0 Å². The lowest BCUT2D eigenvalue weighted by molar-refractivity contribution is 0.769. The van der Waals surface area contributed by atoms with Crippen LogP contribution in [0.25, 0.3) is 76.8 Å². The van der Waals surface area contributed by atoms with Gasteiger partial charge in [-0.1, -0.05) is 218 Å². The summed E-state index contributed by atoms with van der Waals surface area (Å²) in [7, 11) is 0. The average molecular weight is 864 g/mol. The number of rotatable bonds is 8. The molecule has 1 heteroatoms. The Morgan fingerprint density at radius 2 is 0.721 bits per heavy atom. The second-order valence-corrected chi connectivity index (χ2v) is 18.1. The van der Waals surface area contributed by atoms with Gasteiger partial charge in [-0.15, -0.1) is 0 Å². The predicted octanol–water partition coefficient (Wildman–Crippen LogP) is 18.0. The maximum Gasteiger partial charge on any atom is 0.0713 e. The van der Waals surface area contributed by atoms with E-state index in [1.807, 2.05) is 0 Å². The Bertz CT molecular complexity index is 3790. The fraction of sp³-hybridized carbons (Fsp3) is 0.0149. The maximum atomic E-state index is 2.45. The first-order valence-electron chi connectivity index (χ1n) is 23.6. The van der Waals surface area contributed by atoms with Gasteiger partial charge in [0.1, 0.15) is 0 Å². The summed E-state index contributed by atoms with van der Waals surface area (Å²) in [5, 5.41) is 7.56. The van der Waals surface area contributed by atoms with Gasteiger partial charge in [-0.3, -0.25) is 0 Å². The first-order valence-corrected chi connectivity index (χ1v) is 23.6. The fourth-order valence-electron chi connectivity index (χ4n) is 11.1. The molecule has 12 aromatic carbocycles. The molecule has 68 heavy (non-hydrogen) atoms. The fourth-order valence-corrected chi connectivity index (χ4v) is 11.1. The van der Waals surface area contributed by atoms with Crippen LogP contribution in [0, 0.1) is 0 Å². The van der Waals surface area contributed by atoms with Crippen molar-refractivity contribution >= 4 is 49.4 Å². The highest BCUT2D eigenvalue weighted by Crippen LogP contribution is 2.56. The minimum atomic E-state index is -0.454. The van der Waals surface area contributed by atoms with Gasteiger partial charge in [0.05, 0.1) is 5.41 Å². The summed E-state index contributed by atoms with van der Waals surface area (Å²) in [4.78, 5) is 2.39. The molecule has 0 saturated carbocycles. The van der Waals surface area contributed by atoms with Crippen LogP contribution in [0.15, 0.2) is 273 Å². The van der Waals surface area contributed by atoms with Gasteiger partial charge in [-0.2, -0.15) is 0 Å². The van der Waals surface area contributed by atoms with Crippen molar-refractivity contribution < 1.29 is 0 Å². The Morgan fingerprint density at radius 3 is 1.46 bits per heavy atom. The van der Waals surface area contributed by atoms with Crippen LogP contribution in [0.3, 0.4) is 0 Å². The SMILES string of the molecule is c1ccc(C2(c3ccccc3)c3ccccc3-c3ccc(-c4ccc(N(c5ccc(-c6ccc7c(ccc8ccccc87)c6)cc5)c5cccc(-c6ccc7ccccc7c6)c5)cc4)cc32)cc1. The normalized spacial score (nSPS) is 12.5. The number of nitrogens with zero attached hydrogens (tertiary/aromatic N) is 1. The lowest BCUT2D eigenvalue weighted by Crippen LogP contribution is -2.28. The van der Waals surface area contributed by atoms with Crippen molar-refractivity contribution in [1.82, 2.24) is 0 Å². The minimum Gasteiger partial charge on any atom is -0.310 e. The maximum absolute atomic E-state index is 2.45. The molecule has 1 aliphatic carbocycles. The van der Waals surface area contributed by atoms with Gasteiger partial charge in [-0.05, 0) is 154 Å². The standard InChI is InChI=1S/C67H45N/c1-3-18-56(19-4-1)67(57-20-5-2-6-21-57)65-25-12-11-24-63(65)64-41-35-54(45-66(64)67)48-32-38-59(39-33-48)68(60-22-13-17-51(44-60)53-28-26-46-14-7-8-16-50(46)42-53)58-36-30-47(31-37-58)52-34-40-62-55(43-52)29-27-49-15-9-10-23-61(49)62/h1-45H. The van der Waals surface area contributed by atoms with Gasteiger partial charge < -0.3 is 4.90 Å². The van der Waals surface area contributed by atoms with E-state index in [0.29, 0.717) is 0 Å². The summed E-state index contributed by atoms with van der Waals surface area (Å²) in [6.07, 6.45) is 0. The molecular weight excluding hydrogens is 819 g/mol. The molecule has 0 spiro atoms. The average Bonchev–Trinajstić information content (AvgIpc) is 3.72. The summed E-state index contributed by atoms with van der Waals surface area (Å²) in [5.41, 5.74) is 17.7. The largest absolute Gasteiger partial charge is 0.310 e. The molecule has 0 radical (unpaired) electrons. The first kappa shape index (κ1) is 39.6. The van der Waals surface area contributed by atoms with E-state index in [4.69, 9.17) is 0 Å². The molecule has 0 bridgehead atoms. The van der Waals surface area contributed by atoms with E-state index in [1.54, 1.807) is 0 Å². The molecule has 0 aliphatic heterocycles. The topological polar surface area (TPSA) is 3.24 Å². The van der Waals surface area contributed by atoms with Crippen LogP contribution < -0.4 is 4.90 Å². The van der Waals surface area contributed by atoms with Crippen LogP contribution in [0.2, 0.25) is 0 Å². The van der Waals surface area contributed by atoms with Crippen LogP contribution in [-0.2, 0) is 5.41 Å². The second kappa shape index (κ2) is 16.3. The molecule has 0 aromatic heterocycles. The molecule has 1 aliphatic rings. The highest BCUT2D eigenvalue weighted by atomic mass is 15.1. The molecular formula is C67H45N. The molecule has 0 heterocycles. The van der Waals surface area contributed by atoms with Crippen LogP contribution >= 0.6 is 0 Å². The molecule has 0 amide bonds. The Balaban J connectivity index is 0.909. The van der Waals surface area contributed by atoms with Gasteiger partial charge in [0.25, 0.3) is 0 Å². The van der Waals surface area contributed by atoms with Crippen molar-refractivity contribution in [3.8, 4) is 44.5 Å². The number of fused-ring (bicyclic) bond motifs is 7. The molecule has 13 rings (SSSR count). The Morgan fingerprint density at radius 1 is 0.235 bits per heavy atom. The number of hydrogen-bond acceptors (Lipinski definition) is 1. The van der Waals surface area contributed by atoms with Crippen LogP contribution in [0.4, 0.5) is 17.1 Å². The van der Waals surface area contributed by atoms with E-state index in [2.05, 4.69) is 278 Å². The summed E-state index contributed by atoms with van der Waals surface area (Å²) >= 11 is 0. The second-order valence-electron chi connectivity index (χ2n) is 18.1. The molecule has 318 valence electrons. The molecule has 0 atom stereocenters. The van der Waals surface area contributed by atoms with Crippen molar-refractivity contribution in [3.63, 3.8) is 0 Å². The summed E-state index contributed by atoms with van der Waals surface area (Å²) in [6, 6.07) is 101. The third kappa shape index (κ3) is 6.55. The number of hydrogen-bond donors (Lipinski definition) is 0. The van der Waals surface area contributed by atoms with Gasteiger partial charge in [-0.25, -0.2) is 0 Å². The van der Waals surface area contributed by atoms with E-state index in [0.717, 1.165) is 17.1 Å². The summed E-state index contributed by atoms with van der Waals surface area (Å²) < 4.78 is 0. The van der Waals surface area contributed by atoms with E-state index in [9.17, 15) is 0 Å². The third-order valence-corrected chi connectivity index (χ3v) is 14.3. The zero-order valence-electron chi connectivity index (χ0n) is 37.4. The molecule has 0 unspecified atom stereocenters. The van der Waals surface area contributed by atoms with Crippen molar-refractivity contribution in [2.45, 2.75) is 5.41 Å². The van der Waals surface area contributed by atoms with Crippen molar-refractivity contribution in [3.05, 3.63) is 295 Å². The van der Waals surface area contributed by atoms with Gasteiger partial charge in [0.15, 0.2) is 0 Å². The molecule has 0 saturated heterocycles. The Hall–Kier alpha value is -8.78. The number of benzene rings is 12. The van der Waals surface area contributed by atoms with E-state index in [-0.39, 0.29) is 0 Å². The van der Waals surface area contributed by atoms with Crippen molar-refractivity contribution in [2.24, 2.45) is 0 Å². The minimum absolute atomic E-state index is 0.454. The van der Waals surface area contributed by atoms with Gasteiger partial charge in [0.2, 0.25) is 0 Å². The third-order valence-electron chi connectivity index (χ3n) is 14.3. The molecule has 12 aromatic rings. The Kier molecular flexibility index (Phi) is 9.47. The molecule has 1 nitrogen and oxygen atoms in total. The predicted molar refractivity (Wildman–Crippen MR) is 287 cm³/mol. The number of anilines is 3.